The minimum Gasteiger partial charge on any atom is -0.369 e. The van der Waals surface area contributed by atoms with E-state index in [-0.39, 0.29) is 16.6 Å². The zero-order valence-corrected chi connectivity index (χ0v) is 12.6. The first-order valence-electron chi connectivity index (χ1n) is 6.07. The highest BCUT2D eigenvalue weighted by atomic mass is 32.2. The van der Waals surface area contributed by atoms with Crippen molar-refractivity contribution < 1.29 is 17.7 Å². The van der Waals surface area contributed by atoms with Gasteiger partial charge in [-0.05, 0) is 38.1 Å². The van der Waals surface area contributed by atoms with Gasteiger partial charge < -0.3 is 10.3 Å². The van der Waals surface area contributed by atoms with Crippen molar-refractivity contribution >= 4 is 15.7 Å². The van der Waals surface area contributed by atoms with Crippen molar-refractivity contribution in [3.8, 4) is 11.4 Å². The van der Waals surface area contributed by atoms with E-state index in [1.165, 1.54) is 12.1 Å². The van der Waals surface area contributed by atoms with Crippen LogP contribution in [0.5, 0.6) is 0 Å². The molecule has 2 rings (SSSR count). The predicted molar refractivity (Wildman–Crippen MR) is 75.1 cm³/mol. The standard InChI is InChI=1S/C13H15N3O4S/c1-13(2,11(14)17)12-15-10(16-20-12)8-4-6-9(7-5-8)21(3,18)19/h4-7H,1-3H3,(H2,14,17). The molecular formula is C13H15N3O4S. The third-order valence-electron chi connectivity index (χ3n) is 3.12. The minimum atomic E-state index is -3.26. The van der Waals surface area contributed by atoms with Crippen molar-refractivity contribution in [1.29, 1.82) is 0 Å². The lowest BCUT2D eigenvalue weighted by molar-refractivity contribution is -0.123. The van der Waals surface area contributed by atoms with Crippen LogP contribution in [-0.2, 0) is 20.0 Å². The number of nitrogens with zero attached hydrogens (tertiary/aromatic N) is 2. The summed E-state index contributed by atoms with van der Waals surface area (Å²) in [7, 11) is -3.26. The van der Waals surface area contributed by atoms with Crippen molar-refractivity contribution in [3.63, 3.8) is 0 Å². The number of hydrogen-bond acceptors (Lipinski definition) is 6. The zero-order chi connectivity index (χ0) is 15.8. The summed E-state index contributed by atoms with van der Waals surface area (Å²) in [6.07, 6.45) is 1.13. The Hall–Kier alpha value is -2.22. The van der Waals surface area contributed by atoms with Crippen LogP contribution < -0.4 is 5.73 Å². The largest absolute Gasteiger partial charge is 0.369 e. The van der Waals surface area contributed by atoms with Gasteiger partial charge in [-0.15, -0.1) is 0 Å². The first-order valence-corrected chi connectivity index (χ1v) is 7.96. The number of aromatic nitrogens is 2. The fourth-order valence-electron chi connectivity index (χ4n) is 1.55. The Morgan fingerprint density at radius 2 is 1.81 bits per heavy atom. The summed E-state index contributed by atoms with van der Waals surface area (Å²) in [6, 6.07) is 6.06. The number of benzene rings is 1. The SMILES string of the molecule is CC(C)(C(N)=O)c1nc(-c2ccc(S(C)(=O)=O)cc2)no1. The first-order chi connectivity index (χ1) is 9.62. The summed E-state index contributed by atoms with van der Waals surface area (Å²) < 4.78 is 27.8. The monoisotopic (exact) mass is 309 g/mol. The van der Waals surface area contributed by atoms with Crippen LogP contribution in [0.3, 0.4) is 0 Å². The lowest BCUT2D eigenvalue weighted by atomic mass is 9.93. The average molecular weight is 309 g/mol. The van der Waals surface area contributed by atoms with Crippen molar-refractivity contribution in [1.82, 2.24) is 10.1 Å². The summed E-state index contributed by atoms with van der Waals surface area (Å²) in [5, 5.41) is 3.78. The molecule has 2 aromatic rings. The highest BCUT2D eigenvalue weighted by molar-refractivity contribution is 7.90. The van der Waals surface area contributed by atoms with E-state index in [0.29, 0.717) is 5.56 Å². The molecule has 21 heavy (non-hydrogen) atoms. The van der Waals surface area contributed by atoms with Crippen molar-refractivity contribution in [2.24, 2.45) is 5.73 Å². The van der Waals surface area contributed by atoms with Gasteiger partial charge in [-0.1, -0.05) is 5.16 Å². The second-order valence-corrected chi connectivity index (χ2v) is 7.22. The molecule has 0 spiro atoms. The molecule has 1 aromatic carbocycles. The van der Waals surface area contributed by atoms with E-state index in [1.54, 1.807) is 26.0 Å². The van der Waals surface area contributed by atoms with E-state index in [0.717, 1.165) is 6.26 Å². The molecule has 0 aliphatic heterocycles. The molecule has 0 saturated heterocycles. The Labute approximate surface area is 122 Å². The number of primary amides is 1. The van der Waals surface area contributed by atoms with E-state index in [2.05, 4.69) is 10.1 Å². The van der Waals surface area contributed by atoms with Crippen LogP contribution in [0.2, 0.25) is 0 Å². The Morgan fingerprint density at radius 3 is 2.29 bits per heavy atom. The quantitative estimate of drug-likeness (QED) is 0.897. The van der Waals surface area contributed by atoms with Gasteiger partial charge in [-0.2, -0.15) is 4.98 Å². The molecule has 112 valence electrons. The van der Waals surface area contributed by atoms with E-state index < -0.39 is 21.2 Å². The number of rotatable bonds is 4. The number of hydrogen-bond donors (Lipinski definition) is 1. The second-order valence-electron chi connectivity index (χ2n) is 5.21. The molecule has 0 saturated carbocycles. The lowest BCUT2D eigenvalue weighted by Crippen LogP contribution is -2.35. The maximum Gasteiger partial charge on any atom is 0.242 e. The number of carbonyl (C=O) groups is 1. The fourth-order valence-corrected chi connectivity index (χ4v) is 2.18. The molecule has 7 nitrogen and oxygen atoms in total. The van der Waals surface area contributed by atoms with E-state index in [9.17, 15) is 13.2 Å². The van der Waals surface area contributed by atoms with E-state index in [1.807, 2.05) is 0 Å². The van der Waals surface area contributed by atoms with E-state index in [4.69, 9.17) is 10.3 Å². The predicted octanol–water partition coefficient (Wildman–Crippen LogP) is 0.903. The molecule has 0 unspecified atom stereocenters. The zero-order valence-electron chi connectivity index (χ0n) is 11.8. The van der Waals surface area contributed by atoms with Gasteiger partial charge in [-0.25, -0.2) is 8.42 Å². The normalized spacial score (nSPS) is 12.3. The molecule has 2 N–H and O–H groups in total. The molecule has 0 bridgehead atoms. The van der Waals surface area contributed by atoms with Gasteiger partial charge in [0.2, 0.25) is 17.6 Å². The molecule has 0 atom stereocenters. The fraction of sp³-hybridized carbons (Fsp3) is 0.308. The molecule has 1 amide bonds. The molecule has 0 radical (unpaired) electrons. The molecular weight excluding hydrogens is 294 g/mol. The van der Waals surface area contributed by atoms with Crippen LogP contribution in [0, 0.1) is 0 Å². The van der Waals surface area contributed by atoms with Crippen molar-refractivity contribution in [2.45, 2.75) is 24.2 Å². The van der Waals surface area contributed by atoms with Crippen LogP contribution in [0.1, 0.15) is 19.7 Å². The molecule has 0 fully saturated rings. The van der Waals surface area contributed by atoms with Gasteiger partial charge in [-0.3, -0.25) is 4.79 Å². The maximum absolute atomic E-state index is 11.4. The molecule has 0 aliphatic rings. The van der Waals surface area contributed by atoms with Gasteiger partial charge in [0.1, 0.15) is 5.41 Å². The molecule has 1 heterocycles. The van der Waals surface area contributed by atoms with Gasteiger partial charge in [0.25, 0.3) is 0 Å². The number of nitrogens with two attached hydrogens (primary N) is 1. The summed E-state index contributed by atoms with van der Waals surface area (Å²) >= 11 is 0. The van der Waals surface area contributed by atoms with Crippen molar-refractivity contribution in [2.75, 3.05) is 6.26 Å². The number of amides is 1. The highest BCUT2D eigenvalue weighted by Gasteiger charge is 2.34. The maximum atomic E-state index is 11.4. The van der Waals surface area contributed by atoms with E-state index >= 15 is 0 Å². The van der Waals surface area contributed by atoms with Crippen LogP contribution in [0.4, 0.5) is 0 Å². The number of sulfone groups is 1. The Morgan fingerprint density at radius 1 is 1.24 bits per heavy atom. The second kappa shape index (κ2) is 4.96. The van der Waals surface area contributed by atoms with Gasteiger partial charge in [0, 0.05) is 11.8 Å². The summed E-state index contributed by atoms with van der Waals surface area (Å²) in [4.78, 5) is 15.7. The van der Waals surface area contributed by atoms with Crippen LogP contribution in [0.15, 0.2) is 33.7 Å². The summed E-state index contributed by atoms with van der Waals surface area (Å²) in [5.41, 5.74) is 4.79. The van der Waals surface area contributed by atoms with Crippen molar-refractivity contribution in [3.05, 3.63) is 30.2 Å². The summed E-state index contributed by atoms with van der Waals surface area (Å²) in [5.74, 6) is -0.207. The summed E-state index contributed by atoms with van der Waals surface area (Å²) in [6.45, 7) is 3.17. The van der Waals surface area contributed by atoms with Crippen LogP contribution in [-0.4, -0.2) is 30.7 Å². The lowest BCUT2D eigenvalue weighted by Gasteiger charge is -2.13. The first kappa shape index (κ1) is 15.2. The smallest absolute Gasteiger partial charge is 0.242 e. The highest BCUT2D eigenvalue weighted by Crippen LogP contribution is 2.24. The third-order valence-corrected chi connectivity index (χ3v) is 4.25. The molecule has 1 aromatic heterocycles. The molecule has 8 heteroatoms. The average Bonchev–Trinajstić information content (AvgIpc) is 2.88. The minimum absolute atomic E-state index is 0.109. The topological polar surface area (TPSA) is 116 Å². The van der Waals surface area contributed by atoms with Gasteiger partial charge in [0.05, 0.1) is 4.90 Å². The number of carbonyl (C=O) groups excluding carboxylic acids is 1. The van der Waals surface area contributed by atoms with Crippen LogP contribution >= 0.6 is 0 Å². The Bertz CT molecular complexity index is 776. The third kappa shape index (κ3) is 2.94. The van der Waals surface area contributed by atoms with Crippen LogP contribution in [0.25, 0.3) is 11.4 Å². The Balaban J connectivity index is 2.37. The Kier molecular flexibility index (Phi) is 3.58. The molecule has 0 aliphatic carbocycles. The van der Waals surface area contributed by atoms with Gasteiger partial charge >= 0.3 is 0 Å². The van der Waals surface area contributed by atoms with Gasteiger partial charge in [0.15, 0.2) is 9.84 Å².